The quantitative estimate of drug-likeness (QED) is 0.697. The largest absolute Gasteiger partial charge is 0.493 e. The molecule has 2 amide bonds. The van der Waals surface area contributed by atoms with Crippen molar-refractivity contribution < 1.29 is 19.1 Å². The summed E-state index contributed by atoms with van der Waals surface area (Å²) in [7, 11) is 1.47. The molecule has 6 nitrogen and oxygen atoms in total. The van der Waals surface area contributed by atoms with Gasteiger partial charge in [-0.25, -0.2) is 0 Å². The standard InChI is InChI=1S/C18H20N2O4S/c1-3-8-20(11-14-5-4-9-25-14)18(22)13-6-7-15(16(10-13)23-2)24-12-17(19)21/h3-7,9-10H,1,8,11-12H2,2H3,(H2,19,21). The monoisotopic (exact) mass is 360 g/mol. The van der Waals surface area contributed by atoms with Crippen molar-refractivity contribution in [3.63, 3.8) is 0 Å². The molecule has 132 valence electrons. The molecule has 25 heavy (non-hydrogen) atoms. The molecule has 1 heterocycles. The minimum atomic E-state index is -0.588. The zero-order chi connectivity index (χ0) is 18.2. The van der Waals surface area contributed by atoms with Crippen LogP contribution in [0.2, 0.25) is 0 Å². The van der Waals surface area contributed by atoms with E-state index in [0.29, 0.717) is 30.2 Å². The van der Waals surface area contributed by atoms with Crippen LogP contribution in [0, 0.1) is 0 Å². The Morgan fingerprint density at radius 2 is 2.12 bits per heavy atom. The van der Waals surface area contributed by atoms with Crippen LogP contribution < -0.4 is 15.2 Å². The first-order chi connectivity index (χ1) is 12.0. The number of ether oxygens (including phenoxy) is 2. The van der Waals surface area contributed by atoms with Gasteiger partial charge in [0, 0.05) is 17.0 Å². The van der Waals surface area contributed by atoms with Gasteiger partial charge in [0.25, 0.3) is 11.8 Å². The minimum absolute atomic E-state index is 0.145. The Labute approximate surface area is 150 Å². The second kappa shape index (κ2) is 8.89. The molecule has 0 radical (unpaired) electrons. The van der Waals surface area contributed by atoms with Crippen molar-refractivity contribution in [1.29, 1.82) is 0 Å². The van der Waals surface area contributed by atoms with E-state index >= 15 is 0 Å². The second-order valence-electron chi connectivity index (χ2n) is 5.17. The molecule has 1 aromatic carbocycles. The first kappa shape index (κ1) is 18.5. The van der Waals surface area contributed by atoms with E-state index in [1.54, 1.807) is 40.5 Å². The molecule has 0 aliphatic rings. The average molecular weight is 360 g/mol. The van der Waals surface area contributed by atoms with E-state index in [-0.39, 0.29) is 12.5 Å². The Hall–Kier alpha value is -2.80. The number of carbonyl (C=O) groups excluding carboxylic acids is 2. The van der Waals surface area contributed by atoms with Gasteiger partial charge in [0.2, 0.25) is 0 Å². The third kappa shape index (κ3) is 5.09. The molecule has 0 atom stereocenters. The number of nitrogens with zero attached hydrogens (tertiary/aromatic N) is 1. The van der Waals surface area contributed by atoms with Crippen molar-refractivity contribution in [3.05, 3.63) is 58.8 Å². The summed E-state index contributed by atoms with van der Waals surface area (Å²) in [5.41, 5.74) is 5.53. The van der Waals surface area contributed by atoms with Gasteiger partial charge < -0.3 is 20.1 Å². The van der Waals surface area contributed by atoms with Gasteiger partial charge in [-0.15, -0.1) is 17.9 Å². The minimum Gasteiger partial charge on any atom is -0.493 e. The van der Waals surface area contributed by atoms with Crippen LogP contribution in [0.3, 0.4) is 0 Å². The third-order valence-electron chi connectivity index (χ3n) is 3.34. The van der Waals surface area contributed by atoms with E-state index in [1.807, 2.05) is 17.5 Å². The molecule has 1 aromatic heterocycles. The Morgan fingerprint density at radius 3 is 2.72 bits per heavy atom. The topological polar surface area (TPSA) is 81.9 Å². The Bertz CT molecular complexity index is 744. The summed E-state index contributed by atoms with van der Waals surface area (Å²) in [4.78, 5) is 26.4. The van der Waals surface area contributed by atoms with Crippen molar-refractivity contribution in [2.24, 2.45) is 5.73 Å². The summed E-state index contributed by atoms with van der Waals surface area (Å²) in [6.07, 6.45) is 1.69. The maximum atomic E-state index is 12.8. The van der Waals surface area contributed by atoms with Crippen LogP contribution in [0.1, 0.15) is 15.2 Å². The highest BCUT2D eigenvalue weighted by Crippen LogP contribution is 2.29. The fourth-order valence-electron chi connectivity index (χ4n) is 2.22. The molecule has 0 aliphatic carbocycles. The third-order valence-corrected chi connectivity index (χ3v) is 4.21. The van der Waals surface area contributed by atoms with Crippen molar-refractivity contribution in [2.45, 2.75) is 6.54 Å². The lowest BCUT2D eigenvalue weighted by Gasteiger charge is -2.21. The van der Waals surface area contributed by atoms with Gasteiger partial charge >= 0.3 is 0 Å². The molecule has 0 spiro atoms. The summed E-state index contributed by atoms with van der Waals surface area (Å²) >= 11 is 1.59. The van der Waals surface area contributed by atoms with Crippen molar-refractivity contribution in [1.82, 2.24) is 4.90 Å². The molecule has 0 bridgehead atoms. The fraction of sp³-hybridized carbons (Fsp3) is 0.222. The van der Waals surface area contributed by atoms with E-state index in [0.717, 1.165) is 4.88 Å². The van der Waals surface area contributed by atoms with E-state index in [1.165, 1.54) is 7.11 Å². The van der Waals surface area contributed by atoms with Crippen LogP contribution in [0.5, 0.6) is 11.5 Å². The van der Waals surface area contributed by atoms with Crippen LogP contribution >= 0.6 is 11.3 Å². The zero-order valence-corrected chi connectivity index (χ0v) is 14.8. The number of thiophene rings is 1. The van der Waals surface area contributed by atoms with Crippen molar-refractivity contribution in [3.8, 4) is 11.5 Å². The molecule has 0 aliphatic heterocycles. The highest BCUT2D eigenvalue weighted by molar-refractivity contribution is 7.09. The molecular formula is C18H20N2O4S. The van der Waals surface area contributed by atoms with Gasteiger partial charge in [-0.3, -0.25) is 9.59 Å². The van der Waals surface area contributed by atoms with Gasteiger partial charge in [0.1, 0.15) is 0 Å². The molecule has 0 saturated heterocycles. The summed E-state index contributed by atoms with van der Waals surface area (Å²) in [6, 6.07) is 8.74. The summed E-state index contributed by atoms with van der Waals surface area (Å²) in [5, 5.41) is 1.97. The molecule has 2 N–H and O–H groups in total. The van der Waals surface area contributed by atoms with E-state index in [4.69, 9.17) is 15.2 Å². The van der Waals surface area contributed by atoms with Crippen LogP contribution in [-0.2, 0) is 11.3 Å². The lowest BCUT2D eigenvalue weighted by molar-refractivity contribution is -0.119. The first-order valence-corrected chi connectivity index (χ1v) is 8.44. The fourth-order valence-corrected chi connectivity index (χ4v) is 2.94. The second-order valence-corrected chi connectivity index (χ2v) is 6.21. The summed E-state index contributed by atoms with van der Waals surface area (Å²) in [5.74, 6) is -0.0171. The van der Waals surface area contributed by atoms with Gasteiger partial charge in [-0.05, 0) is 29.6 Å². The van der Waals surface area contributed by atoms with Gasteiger partial charge in [0.15, 0.2) is 18.1 Å². The number of hydrogen-bond acceptors (Lipinski definition) is 5. The molecule has 2 aromatic rings. The predicted octanol–water partition coefficient (Wildman–Crippen LogP) is 2.45. The molecule has 2 rings (SSSR count). The number of nitrogens with two attached hydrogens (primary N) is 1. The van der Waals surface area contributed by atoms with Gasteiger partial charge in [-0.1, -0.05) is 12.1 Å². The van der Waals surface area contributed by atoms with E-state index < -0.39 is 5.91 Å². The number of carbonyl (C=O) groups is 2. The lowest BCUT2D eigenvalue weighted by Crippen LogP contribution is -2.30. The molecule has 0 fully saturated rings. The van der Waals surface area contributed by atoms with Crippen LogP contribution in [0.25, 0.3) is 0 Å². The number of primary amides is 1. The number of rotatable bonds is 9. The van der Waals surface area contributed by atoms with Crippen molar-refractivity contribution in [2.75, 3.05) is 20.3 Å². The Morgan fingerprint density at radius 1 is 1.32 bits per heavy atom. The number of benzene rings is 1. The number of amides is 2. The smallest absolute Gasteiger partial charge is 0.255 e. The molecule has 7 heteroatoms. The zero-order valence-electron chi connectivity index (χ0n) is 13.9. The lowest BCUT2D eigenvalue weighted by atomic mass is 10.1. The highest BCUT2D eigenvalue weighted by Gasteiger charge is 2.18. The highest BCUT2D eigenvalue weighted by atomic mass is 32.1. The Balaban J connectivity index is 2.20. The predicted molar refractivity (Wildman–Crippen MR) is 96.9 cm³/mol. The van der Waals surface area contributed by atoms with Gasteiger partial charge in [-0.2, -0.15) is 0 Å². The van der Waals surface area contributed by atoms with E-state index in [9.17, 15) is 9.59 Å². The van der Waals surface area contributed by atoms with Crippen molar-refractivity contribution >= 4 is 23.2 Å². The normalized spacial score (nSPS) is 10.1. The summed E-state index contributed by atoms with van der Waals surface area (Å²) in [6.45, 7) is 4.39. The van der Waals surface area contributed by atoms with Crippen LogP contribution in [-0.4, -0.2) is 37.0 Å². The van der Waals surface area contributed by atoms with Crippen LogP contribution in [0.15, 0.2) is 48.4 Å². The maximum absolute atomic E-state index is 12.8. The molecule has 0 saturated carbocycles. The number of methoxy groups -OCH3 is 1. The molecular weight excluding hydrogens is 340 g/mol. The van der Waals surface area contributed by atoms with Gasteiger partial charge in [0.05, 0.1) is 13.7 Å². The summed E-state index contributed by atoms with van der Waals surface area (Å²) < 4.78 is 10.5. The molecule has 0 unspecified atom stereocenters. The maximum Gasteiger partial charge on any atom is 0.255 e. The first-order valence-electron chi connectivity index (χ1n) is 7.56. The SMILES string of the molecule is C=CCN(Cc1cccs1)C(=O)c1ccc(OCC(N)=O)c(OC)c1. The average Bonchev–Trinajstić information content (AvgIpc) is 3.11. The Kier molecular flexibility index (Phi) is 6.59. The number of hydrogen-bond donors (Lipinski definition) is 1. The van der Waals surface area contributed by atoms with Crippen LogP contribution in [0.4, 0.5) is 0 Å². The van der Waals surface area contributed by atoms with E-state index in [2.05, 4.69) is 6.58 Å².